The zero-order valence-electron chi connectivity index (χ0n) is 17.8. The number of benzene rings is 3. The molecule has 4 rings (SSSR count). The molecule has 6 nitrogen and oxygen atoms in total. The number of aromatic amines is 1. The summed E-state index contributed by atoms with van der Waals surface area (Å²) >= 11 is 11.7. The van der Waals surface area contributed by atoms with Crippen LogP contribution in [-0.4, -0.2) is 22.0 Å². The molecule has 0 aliphatic carbocycles. The summed E-state index contributed by atoms with van der Waals surface area (Å²) in [6, 6.07) is 21.5. The van der Waals surface area contributed by atoms with E-state index in [4.69, 9.17) is 33.3 Å². The molecule has 0 radical (unpaired) electrons. The van der Waals surface area contributed by atoms with Crippen molar-refractivity contribution in [3.05, 3.63) is 93.2 Å². The van der Waals surface area contributed by atoms with E-state index in [-0.39, 0.29) is 0 Å². The molecule has 0 spiro atoms. The van der Waals surface area contributed by atoms with Gasteiger partial charge in [-0.3, -0.25) is 0 Å². The van der Waals surface area contributed by atoms with Crippen molar-refractivity contribution in [3.63, 3.8) is 0 Å². The van der Waals surface area contributed by atoms with Crippen molar-refractivity contribution in [2.24, 2.45) is 0 Å². The van der Waals surface area contributed by atoms with E-state index in [2.05, 4.69) is 34.7 Å². The van der Waals surface area contributed by atoms with Crippen molar-refractivity contribution in [1.29, 1.82) is 0 Å². The van der Waals surface area contributed by atoms with Gasteiger partial charge < -0.3 is 14.9 Å². The van der Waals surface area contributed by atoms with Crippen LogP contribution in [0.2, 0.25) is 5.02 Å². The van der Waals surface area contributed by atoms with Crippen LogP contribution in [0.15, 0.2) is 66.7 Å². The molecule has 0 aliphatic rings. The van der Waals surface area contributed by atoms with Crippen LogP contribution in [0, 0.1) is 11.7 Å². The molecule has 32 heavy (non-hydrogen) atoms. The smallest absolute Gasteiger partial charge is 0.214 e. The molecule has 1 aromatic heterocycles. The predicted molar refractivity (Wildman–Crippen MR) is 129 cm³/mol. The number of para-hydroxylation sites is 1. The number of hydrogen-bond donors (Lipinski definition) is 2. The van der Waals surface area contributed by atoms with Crippen LogP contribution < -0.4 is 14.9 Å². The minimum absolute atomic E-state index is 0.430. The minimum Gasteiger partial charge on any atom is -0.496 e. The number of halogens is 1. The largest absolute Gasteiger partial charge is 0.496 e. The zero-order valence-corrected chi connectivity index (χ0v) is 19.3. The van der Waals surface area contributed by atoms with Crippen LogP contribution in [0.4, 0.5) is 0 Å². The van der Waals surface area contributed by atoms with E-state index in [1.807, 2.05) is 54.6 Å². The number of methoxy groups -OCH3 is 1. The number of aromatic nitrogens is 3. The van der Waals surface area contributed by atoms with E-state index in [0.717, 1.165) is 22.4 Å². The van der Waals surface area contributed by atoms with Gasteiger partial charge in [-0.15, -0.1) is 0 Å². The maximum atomic E-state index is 6.27. The fourth-order valence-corrected chi connectivity index (χ4v) is 3.80. The van der Waals surface area contributed by atoms with Gasteiger partial charge in [0.1, 0.15) is 18.1 Å². The second-order valence-electron chi connectivity index (χ2n) is 7.25. The van der Waals surface area contributed by atoms with Gasteiger partial charge in [0.2, 0.25) is 4.77 Å². The molecular formula is C24H23ClN4O2S. The Morgan fingerprint density at radius 3 is 2.72 bits per heavy atom. The Morgan fingerprint density at radius 1 is 1.06 bits per heavy atom. The zero-order chi connectivity index (χ0) is 22.5. The maximum Gasteiger partial charge on any atom is 0.214 e. The summed E-state index contributed by atoms with van der Waals surface area (Å²) in [4.78, 5) is 0. The lowest BCUT2D eigenvalue weighted by atomic mass is 10.1. The summed E-state index contributed by atoms with van der Waals surface area (Å²) in [5.74, 6) is 2.07. The number of hydrogen-bond acceptors (Lipinski definition) is 5. The van der Waals surface area contributed by atoms with Crippen LogP contribution in [0.5, 0.6) is 11.5 Å². The Labute approximate surface area is 196 Å². The first-order chi connectivity index (χ1) is 15.5. The average molecular weight is 467 g/mol. The summed E-state index contributed by atoms with van der Waals surface area (Å²) < 4.78 is 13.7. The highest BCUT2D eigenvalue weighted by molar-refractivity contribution is 7.71. The number of aryl methyl sites for hydroxylation is 1. The van der Waals surface area contributed by atoms with E-state index in [9.17, 15) is 0 Å². The number of H-pyrrole nitrogens is 1. The third kappa shape index (κ3) is 4.95. The predicted octanol–water partition coefficient (Wildman–Crippen LogP) is 5.90. The molecule has 0 fully saturated rings. The van der Waals surface area contributed by atoms with E-state index < -0.39 is 0 Å². The Bertz CT molecular complexity index is 1280. The topological polar surface area (TPSA) is 64.1 Å². The lowest BCUT2D eigenvalue weighted by molar-refractivity contribution is 0.303. The van der Waals surface area contributed by atoms with Crippen molar-refractivity contribution in [2.45, 2.75) is 20.1 Å². The van der Waals surface area contributed by atoms with Crippen LogP contribution in [0.25, 0.3) is 11.4 Å². The first-order valence-electron chi connectivity index (χ1n) is 10.1. The van der Waals surface area contributed by atoms with Crippen LogP contribution >= 0.6 is 23.8 Å². The summed E-state index contributed by atoms with van der Waals surface area (Å²) in [5, 5.41) is 7.85. The van der Waals surface area contributed by atoms with Crippen molar-refractivity contribution in [2.75, 3.05) is 12.5 Å². The molecule has 0 unspecified atom stereocenters. The number of nitrogens with one attached hydrogen (secondary N) is 2. The van der Waals surface area contributed by atoms with Gasteiger partial charge in [-0.1, -0.05) is 53.6 Å². The molecule has 2 N–H and O–H groups in total. The monoisotopic (exact) mass is 466 g/mol. The van der Waals surface area contributed by atoms with E-state index in [0.29, 0.717) is 34.5 Å². The number of rotatable bonds is 8. The van der Waals surface area contributed by atoms with Crippen molar-refractivity contribution in [1.82, 2.24) is 14.9 Å². The first kappa shape index (κ1) is 21.9. The van der Waals surface area contributed by atoms with E-state index in [1.54, 1.807) is 11.8 Å². The Morgan fingerprint density at radius 2 is 1.91 bits per heavy atom. The quantitative estimate of drug-likeness (QED) is 0.316. The summed E-state index contributed by atoms with van der Waals surface area (Å²) in [5.41, 5.74) is 7.35. The molecule has 3 aromatic carbocycles. The molecule has 0 saturated carbocycles. The summed E-state index contributed by atoms with van der Waals surface area (Å²) in [6.07, 6.45) is 0. The highest BCUT2D eigenvalue weighted by Crippen LogP contribution is 2.28. The molecule has 0 bridgehead atoms. The van der Waals surface area contributed by atoms with Crippen molar-refractivity contribution in [3.8, 4) is 22.9 Å². The first-order valence-corrected chi connectivity index (χ1v) is 10.8. The Kier molecular flexibility index (Phi) is 6.78. The third-order valence-electron chi connectivity index (χ3n) is 4.95. The Balaban J connectivity index is 1.56. The molecule has 0 aliphatic heterocycles. The Hall–Kier alpha value is -3.29. The molecule has 8 heteroatoms. The van der Waals surface area contributed by atoms with Gasteiger partial charge in [-0.25, -0.2) is 9.77 Å². The second kappa shape index (κ2) is 9.89. The van der Waals surface area contributed by atoms with Crippen LogP contribution in [0.1, 0.15) is 16.7 Å². The van der Waals surface area contributed by atoms with E-state index >= 15 is 0 Å². The van der Waals surface area contributed by atoms with Gasteiger partial charge in [0.05, 0.1) is 19.2 Å². The van der Waals surface area contributed by atoms with Gasteiger partial charge in [0.25, 0.3) is 0 Å². The standard InChI is InChI=1S/C24H23ClN4O2S/c1-16-6-5-7-17(12-16)15-31-21-11-10-19(25)13-18(21)14-26-29-23(27-28-24(29)32)20-8-3-4-9-22(20)30-2/h3-13,26H,14-15H2,1-2H3,(H,28,32). The normalized spacial score (nSPS) is 10.7. The summed E-state index contributed by atoms with van der Waals surface area (Å²) in [7, 11) is 1.63. The van der Waals surface area contributed by atoms with Gasteiger partial charge in [0, 0.05) is 10.6 Å². The van der Waals surface area contributed by atoms with Crippen LogP contribution in [0.3, 0.4) is 0 Å². The minimum atomic E-state index is 0.430. The molecular weight excluding hydrogens is 444 g/mol. The van der Waals surface area contributed by atoms with E-state index in [1.165, 1.54) is 5.56 Å². The molecule has 0 saturated heterocycles. The average Bonchev–Trinajstić information content (AvgIpc) is 3.17. The van der Waals surface area contributed by atoms with Gasteiger partial charge in [0.15, 0.2) is 5.82 Å². The molecule has 4 aromatic rings. The molecule has 164 valence electrons. The highest BCUT2D eigenvalue weighted by Gasteiger charge is 2.14. The van der Waals surface area contributed by atoms with Crippen LogP contribution in [-0.2, 0) is 13.2 Å². The number of ether oxygens (including phenoxy) is 2. The lowest BCUT2D eigenvalue weighted by Crippen LogP contribution is -2.16. The lowest BCUT2D eigenvalue weighted by Gasteiger charge is -2.15. The molecule has 0 atom stereocenters. The van der Waals surface area contributed by atoms with Crippen molar-refractivity contribution < 1.29 is 9.47 Å². The fraction of sp³-hybridized carbons (Fsp3) is 0.167. The second-order valence-corrected chi connectivity index (χ2v) is 8.08. The highest BCUT2D eigenvalue weighted by atomic mass is 35.5. The third-order valence-corrected chi connectivity index (χ3v) is 5.46. The van der Waals surface area contributed by atoms with Gasteiger partial charge in [-0.2, -0.15) is 5.10 Å². The summed E-state index contributed by atoms with van der Waals surface area (Å²) in [6.45, 7) is 2.96. The van der Waals surface area contributed by atoms with Gasteiger partial charge >= 0.3 is 0 Å². The molecule has 1 heterocycles. The molecule has 0 amide bonds. The maximum absolute atomic E-state index is 6.27. The number of nitrogens with zero attached hydrogens (tertiary/aromatic N) is 2. The SMILES string of the molecule is COc1ccccc1-c1n[nH]c(=S)n1NCc1cc(Cl)ccc1OCc1cccc(C)c1. The van der Waals surface area contributed by atoms with Crippen molar-refractivity contribution >= 4 is 23.8 Å². The van der Waals surface area contributed by atoms with Gasteiger partial charge in [-0.05, 0) is 55.0 Å². The fourth-order valence-electron chi connectivity index (χ4n) is 3.41.